The van der Waals surface area contributed by atoms with E-state index in [0.29, 0.717) is 25.4 Å². The molecule has 0 aromatic heterocycles. The molecule has 2 aromatic carbocycles. The largest absolute Gasteiger partial charge is 0.497 e. The van der Waals surface area contributed by atoms with E-state index in [-0.39, 0.29) is 29.5 Å². The molecule has 182 valence electrons. The minimum absolute atomic E-state index is 0.0101. The van der Waals surface area contributed by atoms with Gasteiger partial charge in [-0.05, 0) is 61.3 Å². The van der Waals surface area contributed by atoms with Crippen LogP contribution in [0.25, 0.3) is 0 Å². The van der Waals surface area contributed by atoms with Crippen molar-refractivity contribution in [2.75, 3.05) is 47.1 Å². The molecule has 0 bridgehead atoms. The van der Waals surface area contributed by atoms with Gasteiger partial charge in [0.15, 0.2) is 0 Å². The number of hydrogen-bond donors (Lipinski definition) is 1. The van der Waals surface area contributed by atoms with E-state index in [1.54, 1.807) is 42.8 Å². The van der Waals surface area contributed by atoms with E-state index in [4.69, 9.17) is 9.47 Å². The second-order valence-corrected chi connectivity index (χ2v) is 10.6. The molecular weight excluding hydrogens is 452 g/mol. The van der Waals surface area contributed by atoms with Gasteiger partial charge in [-0.1, -0.05) is 24.0 Å². The summed E-state index contributed by atoms with van der Waals surface area (Å²) in [6.07, 6.45) is 1.68. The van der Waals surface area contributed by atoms with Crippen molar-refractivity contribution in [3.63, 3.8) is 0 Å². The second kappa shape index (κ2) is 10.9. The molecule has 2 saturated heterocycles. The van der Waals surface area contributed by atoms with Crippen LogP contribution in [0.5, 0.6) is 5.75 Å². The molecule has 0 unspecified atom stereocenters. The molecule has 0 saturated carbocycles. The van der Waals surface area contributed by atoms with Gasteiger partial charge in [-0.15, -0.1) is 0 Å². The monoisotopic (exact) mass is 484 g/mol. The number of methoxy groups -OCH3 is 2. The maximum Gasteiger partial charge on any atom is 0.243 e. The van der Waals surface area contributed by atoms with E-state index in [1.165, 1.54) is 0 Å². The molecule has 2 aliphatic heterocycles. The average Bonchev–Trinajstić information content (AvgIpc) is 2.84. The number of nitrogens with zero attached hydrogens (tertiary/aromatic N) is 2. The van der Waals surface area contributed by atoms with Crippen LogP contribution in [-0.2, 0) is 14.8 Å². The average molecular weight is 485 g/mol. The number of benzene rings is 2. The SMILES string of the molecule is COCC#Cc1ccc([C@H]2[C@H]3CN(S(=O)(=O)c4ccc(OC)cc4)CCCCN3[C@H]2CO)cc1. The van der Waals surface area contributed by atoms with Gasteiger partial charge >= 0.3 is 0 Å². The molecule has 3 atom stereocenters. The summed E-state index contributed by atoms with van der Waals surface area (Å²) < 4.78 is 38.7. The fraction of sp³-hybridized carbons (Fsp3) is 0.462. The van der Waals surface area contributed by atoms with E-state index in [1.807, 2.05) is 24.3 Å². The highest BCUT2D eigenvalue weighted by Gasteiger charge is 2.50. The lowest BCUT2D eigenvalue weighted by molar-refractivity contribution is -0.0553. The van der Waals surface area contributed by atoms with Crippen molar-refractivity contribution in [3.8, 4) is 17.6 Å². The third-order valence-corrected chi connectivity index (χ3v) is 8.65. The van der Waals surface area contributed by atoms with E-state index in [2.05, 4.69) is 16.7 Å². The number of rotatable bonds is 6. The molecule has 1 N–H and O–H groups in total. The van der Waals surface area contributed by atoms with Crippen molar-refractivity contribution in [3.05, 3.63) is 59.7 Å². The number of sulfonamides is 1. The van der Waals surface area contributed by atoms with Crippen LogP contribution in [-0.4, -0.2) is 81.9 Å². The van der Waals surface area contributed by atoms with Crippen molar-refractivity contribution in [2.45, 2.75) is 35.7 Å². The first-order valence-electron chi connectivity index (χ1n) is 11.6. The van der Waals surface area contributed by atoms with Gasteiger partial charge in [-0.3, -0.25) is 4.90 Å². The molecule has 34 heavy (non-hydrogen) atoms. The van der Waals surface area contributed by atoms with Gasteiger partial charge in [-0.25, -0.2) is 8.42 Å². The Morgan fingerprint density at radius 3 is 2.38 bits per heavy atom. The van der Waals surface area contributed by atoms with Gasteiger partial charge in [-0.2, -0.15) is 4.31 Å². The predicted octanol–water partition coefficient (Wildman–Crippen LogP) is 2.31. The minimum Gasteiger partial charge on any atom is -0.497 e. The molecule has 7 nitrogen and oxygen atoms in total. The van der Waals surface area contributed by atoms with Crippen LogP contribution in [0.2, 0.25) is 0 Å². The highest BCUT2D eigenvalue weighted by atomic mass is 32.2. The van der Waals surface area contributed by atoms with Gasteiger partial charge in [0.05, 0.1) is 18.6 Å². The highest BCUT2D eigenvalue weighted by Crippen LogP contribution is 2.42. The lowest BCUT2D eigenvalue weighted by atomic mass is 9.74. The van der Waals surface area contributed by atoms with Crippen LogP contribution in [0.1, 0.15) is 29.9 Å². The Balaban J connectivity index is 1.58. The van der Waals surface area contributed by atoms with Gasteiger partial charge in [0.1, 0.15) is 12.4 Å². The predicted molar refractivity (Wildman–Crippen MR) is 130 cm³/mol. The van der Waals surface area contributed by atoms with Crippen LogP contribution >= 0.6 is 0 Å². The van der Waals surface area contributed by atoms with E-state index in [0.717, 1.165) is 30.5 Å². The Labute approximate surface area is 202 Å². The zero-order valence-corrected chi connectivity index (χ0v) is 20.5. The summed E-state index contributed by atoms with van der Waals surface area (Å²) >= 11 is 0. The maximum atomic E-state index is 13.5. The Morgan fingerprint density at radius 1 is 1.03 bits per heavy atom. The third kappa shape index (κ3) is 4.99. The second-order valence-electron chi connectivity index (χ2n) is 8.68. The van der Waals surface area contributed by atoms with Gasteiger partial charge in [0.2, 0.25) is 10.0 Å². The van der Waals surface area contributed by atoms with Gasteiger partial charge in [0, 0.05) is 43.8 Å². The molecule has 0 radical (unpaired) electrons. The van der Waals surface area contributed by atoms with Crippen LogP contribution < -0.4 is 4.74 Å². The van der Waals surface area contributed by atoms with Crippen molar-refractivity contribution < 1.29 is 23.0 Å². The van der Waals surface area contributed by atoms with Crippen molar-refractivity contribution in [1.82, 2.24) is 9.21 Å². The number of aliphatic hydroxyl groups is 1. The molecule has 2 fully saturated rings. The molecule has 0 amide bonds. The third-order valence-electron chi connectivity index (χ3n) is 6.77. The zero-order valence-electron chi connectivity index (χ0n) is 19.7. The number of fused-ring (bicyclic) bond motifs is 1. The highest BCUT2D eigenvalue weighted by molar-refractivity contribution is 7.89. The molecule has 0 spiro atoms. The summed E-state index contributed by atoms with van der Waals surface area (Å²) in [5.41, 5.74) is 2.00. The van der Waals surface area contributed by atoms with Gasteiger partial charge in [0.25, 0.3) is 0 Å². The molecule has 2 aliphatic rings. The zero-order chi connectivity index (χ0) is 24.1. The fourth-order valence-electron chi connectivity index (χ4n) is 5.02. The summed E-state index contributed by atoms with van der Waals surface area (Å²) in [6, 6.07) is 14.6. The van der Waals surface area contributed by atoms with Crippen LogP contribution in [0.15, 0.2) is 53.4 Å². The van der Waals surface area contributed by atoms with Gasteiger partial charge < -0.3 is 14.6 Å². The van der Waals surface area contributed by atoms with E-state index < -0.39 is 10.0 Å². The number of hydrogen-bond acceptors (Lipinski definition) is 6. The van der Waals surface area contributed by atoms with E-state index in [9.17, 15) is 13.5 Å². The molecule has 4 rings (SSSR count). The number of aliphatic hydroxyl groups excluding tert-OH is 1. The maximum absolute atomic E-state index is 13.5. The Morgan fingerprint density at radius 2 is 1.74 bits per heavy atom. The lowest BCUT2D eigenvalue weighted by Crippen LogP contribution is -2.67. The Kier molecular flexibility index (Phi) is 7.91. The standard InChI is InChI=1S/C26H32N2O5S/c1-32-17-5-6-20-7-9-21(10-8-20)26-24-18-27(15-3-4-16-28(24)25(26)19-29)34(30,31)23-13-11-22(33-2)12-14-23/h7-14,24-26,29H,3-4,15-19H2,1-2H3/t24-,25+,26+/m1/s1. The minimum atomic E-state index is -3.64. The first-order chi connectivity index (χ1) is 16.5. The molecule has 0 aliphatic carbocycles. The summed E-state index contributed by atoms with van der Waals surface area (Å²) in [5.74, 6) is 6.70. The number of ether oxygens (including phenoxy) is 2. The lowest BCUT2D eigenvalue weighted by Gasteiger charge is -2.57. The topological polar surface area (TPSA) is 79.3 Å². The van der Waals surface area contributed by atoms with Crippen molar-refractivity contribution in [2.24, 2.45) is 0 Å². The molecule has 2 heterocycles. The first kappa shape index (κ1) is 24.7. The first-order valence-corrected chi connectivity index (χ1v) is 13.0. The van der Waals surface area contributed by atoms with Crippen molar-refractivity contribution >= 4 is 10.0 Å². The normalized spacial score (nSPS) is 23.6. The van der Waals surface area contributed by atoms with Crippen LogP contribution in [0.3, 0.4) is 0 Å². The Bertz CT molecular complexity index is 1120. The summed E-state index contributed by atoms with van der Waals surface area (Å²) in [4.78, 5) is 2.54. The van der Waals surface area contributed by atoms with Crippen LogP contribution in [0, 0.1) is 11.8 Å². The van der Waals surface area contributed by atoms with Crippen LogP contribution in [0.4, 0.5) is 0 Å². The van der Waals surface area contributed by atoms with Crippen molar-refractivity contribution in [1.29, 1.82) is 0 Å². The molecule has 8 heteroatoms. The quantitative estimate of drug-likeness (QED) is 0.634. The smallest absolute Gasteiger partial charge is 0.243 e. The summed E-state index contributed by atoms with van der Waals surface area (Å²) in [5, 5.41) is 10.1. The summed E-state index contributed by atoms with van der Waals surface area (Å²) in [7, 11) is -0.468. The molecular formula is C26H32N2O5S. The van der Waals surface area contributed by atoms with E-state index >= 15 is 0 Å². The fourth-order valence-corrected chi connectivity index (χ4v) is 6.52. The molecule has 2 aromatic rings. The Hall–Kier alpha value is -2.41. The summed E-state index contributed by atoms with van der Waals surface area (Å²) in [6.45, 7) is 2.17.